The largest absolute Gasteiger partial charge is 1.00 e. The second-order valence-electron chi connectivity index (χ2n) is 5.55. The van der Waals surface area contributed by atoms with Crippen LogP contribution < -0.4 is 40.7 Å². The number of H-pyrrole nitrogens is 1. The molecule has 1 amide bonds. The first-order valence-corrected chi connectivity index (χ1v) is 9.03. The maximum absolute atomic E-state index is 12.1. The fourth-order valence-corrected chi connectivity index (χ4v) is 5.30. The molecule has 0 saturated carbocycles. The summed E-state index contributed by atoms with van der Waals surface area (Å²) in [6.45, 7) is 1.49. The van der Waals surface area contributed by atoms with Crippen LogP contribution in [0.3, 0.4) is 0 Å². The molecule has 3 N–H and O–H groups in total. The van der Waals surface area contributed by atoms with Gasteiger partial charge in [0.2, 0.25) is 5.91 Å². The number of thioether (sulfide) groups is 2. The van der Waals surface area contributed by atoms with E-state index >= 15 is 0 Å². The molecule has 3 rings (SSSR count). The number of nitrogens with one attached hydrogen (secondary N) is 1. The number of rotatable bonds is 5. The Morgan fingerprint density at radius 1 is 1.46 bits per heavy atom. The van der Waals surface area contributed by atoms with E-state index in [9.17, 15) is 29.4 Å². The van der Waals surface area contributed by atoms with Crippen LogP contribution in [0.2, 0.25) is 0 Å². The molecular formula is C13H15N4NaO6S2. The molecule has 0 radical (unpaired) electrons. The molecule has 0 spiro atoms. The summed E-state index contributed by atoms with van der Waals surface area (Å²) >= 11 is 2.28. The Bertz CT molecular complexity index is 917. The minimum atomic E-state index is -1.23. The van der Waals surface area contributed by atoms with Crippen LogP contribution >= 0.6 is 23.5 Å². The van der Waals surface area contributed by atoms with E-state index in [1.165, 1.54) is 30.6 Å². The van der Waals surface area contributed by atoms with Crippen LogP contribution in [0.15, 0.2) is 25.3 Å². The summed E-state index contributed by atoms with van der Waals surface area (Å²) in [6, 6.07) is 0. The molecule has 0 aromatic carbocycles. The van der Waals surface area contributed by atoms with Crippen LogP contribution in [0.25, 0.3) is 0 Å². The van der Waals surface area contributed by atoms with E-state index in [-0.39, 0.29) is 47.6 Å². The number of carbonyl (C=O) groups excluding carboxylic acids is 1. The number of aliphatic carboxylic acids is 1. The molecule has 136 valence electrons. The van der Waals surface area contributed by atoms with E-state index in [0.29, 0.717) is 4.91 Å². The van der Waals surface area contributed by atoms with Crippen molar-refractivity contribution in [1.29, 1.82) is 0 Å². The van der Waals surface area contributed by atoms with Crippen LogP contribution in [0.5, 0.6) is 0 Å². The Hall–Kier alpha value is -1.05. The first kappa shape index (κ1) is 21.3. The number of fused-ring (bicyclic) bond motifs is 1. The first-order valence-electron chi connectivity index (χ1n) is 7.16. The van der Waals surface area contributed by atoms with Crippen molar-refractivity contribution in [3.63, 3.8) is 0 Å². The normalized spacial score (nSPS) is 22.6. The predicted molar refractivity (Wildman–Crippen MR) is 90.0 cm³/mol. The van der Waals surface area contributed by atoms with Crippen LogP contribution in [-0.2, 0) is 16.6 Å². The molecule has 1 unspecified atom stereocenters. The summed E-state index contributed by atoms with van der Waals surface area (Å²) in [5.41, 5.74) is -1.72. The fourth-order valence-electron chi connectivity index (χ4n) is 2.67. The molecule has 1 aromatic heterocycles. The predicted octanol–water partition coefficient (Wildman–Crippen LogP) is -4.11. The maximum atomic E-state index is 12.1. The standard InChI is InChI=1S/C13H14N4O6S2.Na.H/c1-4(18)6-9(20)17-7(12(22)23)5(25-11(6)17)3-24-13-15-14-8(19)10(21)16(13)2;;/h4,6,11,18H,3H2,1-2H3,(H,14,19)(H,22,23);;/q;+1;-1/t4?,6-,11+;;/m0../s1. The van der Waals surface area contributed by atoms with Gasteiger partial charge >= 0.3 is 46.6 Å². The third kappa shape index (κ3) is 3.41. The van der Waals surface area contributed by atoms with Gasteiger partial charge in [0, 0.05) is 17.7 Å². The van der Waals surface area contributed by atoms with Crippen molar-refractivity contribution in [3.8, 4) is 0 Å². The van der Waals surface area contributed by atoms with Gasteiger partial charge in [0.1, 0.15) is 11.1 Å². The SMILES string of the molecule is CC(O)[C@H]1C(=O)N2C(C(=O)O)=C(CSc3n[nH]c(=O)c(=O)n3C)S[C@H]12.[H-].[Na+]. The van der Waals surface area contributed by atoms with E-state index in [0.717, 1.165) is 16.3 Å². The fraction of sp³-hybridized carbons (Fsp3) is 0.462. The Morgan fingerprint density at radius 2 is 2.12 bits per heavy atom. The molecule has 1 aromatic rings. The second-order valence-corrected chi connectivity index (χ2v) is 7.70. The molecule has 0 aliphatic carbocycles. The Labute approximate surface area is 178 Å². The van der Waals surface area contributed by atoms with Gasteiger partial charge in [0.25, 0.3) is 0 Å². The molecule has 26 heavy (non-hydrogen) atoms. The average molecular weight is 410 g/mol. The molecule has 1 saturated heterocycles. The van der Waals surface area contributed by atoms with Crippen molar-refractivity contribution in [2.75, 3.05) is 5.75 Å². The monoisotopic (exact) mass is 410 g/mol. The van der Waals surface area contributed by atoms with Gasteiger partial charge < -0.3 is 11.6 Å². The zero-order valence-electron chi connectivity index (χ0n) is 15.1. The average Bonchev–Trinajstić information content (AvgIpc) is 2.86. The zero-order chi connectivity index (χ0) is 18.5. The number of aliphatic hydroxyl groups excluding tert-OH is 1. The zero-order valence-corrected chi connectivity index (χ0v) is 17.8. The number of aromatic nitrogens is 3. The summed E-state index contributed by atoms with van der Waals surface area (Å²) in [7, 11) is 1.39. The minimum absolute atomic E-state index is 0. The molecule has 2 aliphatic heterocycles. The number of amides is 1. The summed E-state index contributed by atoms with van der Waals surface area (Å²) in [6.07, 6.45) is -0.870. The molecule has 1 fully saturated rings. The van der Waals surface area contributed by atoms with E-state index in [1.54, 1.807) is 0 Å². The van der Waals surface area contributed by atoms with Crippen molar-refractivity contribution in [2.24, 2.45) is 13.0 Å². The van der Waals surface area contributed by atoms with Gasteiger partial charge in [0.05, 0.1) is 12.0 Å². The number of β-lactam (4-membered cyclic amide) rings is 1. The second kappa shape index (κ2) is 7.90. The number of carboxylic acid groups (broad SMARTS) is 1. The summed E-state index contributed by atoms with van der Waals surface area (Å²) in [5, 5.41) is 24.7. The number of aromatic amines is 1. The summed E-state index contributed by atoms with van der Waals surface area (Å²) in [4.78, 5) is 48.1. The number of carbonyl (C=O) groups is 2. The number of carboxylic acids is 1. The number of hydrogen-bond donors (Lipinski definition) is 3. The van der Waals surface area contributed by atoms with Crippen molar-refractivity contribution >= 4 is 35.4 Å². The van der Waals surface area contributed by atoms with Crippen molar-refractivity contribution in [3.05, 3.63) is 31.3 Å². The van der Waals surface area contributed by atoms with E-state index in [1.807, 2.05) is 0 Å². The van der Waals surface area contributed by atoms with Crippen LogP contribution in [0, 0.1) is 5.92 Å². The quantitative estimate of drug-likeness (QED) is 0.191. The van der Waals surface area contributed by atoms with Crippen molar-refractivity contribution in [2.45, 2.75) is 23.6 Å². The maximum Gasteiger partial charge on any atom is 1.00 e. The molecule has 13 heteroatoms. The smallest absolute Gasteiger partial charge is 1.00 e. The van der Waals surface area contributed by atoms with Gasteiger partial charge in [-0.2, -0.15) is 0 Å². The van der Waals surface area contributed by atoms with Gasteiger partial charge in [-0.25, -0.2) is 9.89 Å². The van der Waals surface area contributed by atoms with E-state index in [4.69, 9.17) is 0 Å². The van der Waals surface area contributed by atoms with E-state index in [2.05, 4.69) is 10.2 Å². The molecule has 2 aliphatic rings. The number of nitrogens with zero attached hydrogens (tertiary/aromatic N) is 3. The molecule has 3 heterocycles. The molecule has 0 bridgehead atoms. The van der Waals surface area contributed by atoms with Crippen molar-refractivity contribution in [1.82, 2.24) is 19.7 Å². The molecule has 3 atom stereocenters. The van der Waals surface area contributed by atoms with Crippen LogP contribution in [0.1, 0.15) is 8.35 Å². The van der Waals surface area contributed by atoms with Crippen LogP contribution in [0.4, 0.5) is 0 Å². The van der Waals surface area contributed by atoms with Gasteiger partial charge in [-0.3, -0.25) is 23.9 Å². The van der Waals surface area contributed by atoms with Gasteiger partial charge in [-0.05, 0) is 6.92 Å². The number of hydrogen-bond acceptors (Lipinski definition) is 8. The van der Waals surface area contributed by atoms with Gasteiger partial charge in [-0.1, -0.05) is 11.8 Å². The van der Waals surface area contributed by atoms with Crippen LogP contribution in [-0.4, -0.2) is 59.0 Å². The topological polar surface area (TPSA) is 146 Å². The minimum Gasteiger partial charge on any atom is -1.00 e. The molecular weight excluding hydrogens is 395 g/mol. The van der Waals surface area contributed by atoms with Gasteiger partial charge in [0.15, 0.2) is 5.16 Å². The van der Waals surface area contributed by atoms with Gasteiger partial charge in [-0.15, -0.1) is 16.9 Å². The first-order chi connectivity index (χ1) is 11.7. The third-order valence-corrected chi connectivity index (χ3v) is 6.55. The Kier molecular flexibility index (Phi) is 6.46. The Morgan fingerprint density at radius 3 is 2.69 bits per heavy atom. The van der Waals surface area contributed by atoms with Crippen molar-refractivity contribution < 1.29 is 50.8 Å². The summed E-state index contributed by atoms with van der Waals surface area (Å²) in [5.74, 6) is -2.13. The third-order valence-electron chi connectivity index (χ3n) is 3.95. The Balaban J connectivity index is 0.00000182. The van der Waals surface area contributed by atoms with E-state index < -0.39 is 40.4 Å². The summed E-state index contributed by atoms with van der Waals surface area (Å²) < 4.78 is 1.07. The molecule has 10 nitrogen and oxygen atoms in total. The number of aliphatic hydroxyl groups is 1.